The second-order valence-corrected chi connectivity index (χ2v) is 10.3. The first-order valence-electron chi connectivity index (χ1n) is 16.1. The van der Waals surface area contributed by atoms with E-state index >= 15 is 0 Å². The van der Waals surface area contributed by atoms with Crippen molar-refractivity contribution in [1.82, 2.24) is 0 Å². The van der Waals surface area contributed by atoms with Crippen molar-refractivity contribution in [3.63, 3.8) is 0 Å². The van der Waals surface area contributed by atoms with Crippen LogP contribution in [0.2, 0.25) is 0 Å². The zero-order chi connectivity index (χ0) is 25.8. The standard InChI is InChI=1S/C14H29.C11H23.C9H19.Pd/c1-3-5-7-9-11-13-14-12-10-8-6-4-2;1-3-5-7-9-11-10-8-6-4-2;1-3-5-7-9-8-6-4-2;/h1,3-14H2,2H3;1,3-11H2,2H3;1,3-9H2,2H3;/q3*-1;. The second kappa shape index (κ2) is 47.8. The minimum absolute atomic E-state index is 0. The Kier molecular flexibility index (Phi) is 58.4. The molecule has 1 heteroatoms. The minimum atomic E-state index is 0. The zero-order valence-electron chi connectivity index (χ0n) is 25.2. The average Bonchev–Trinajstić information content (AvgIpc) is 2.85. The summed E-state index contributed by atoms with van der Waals surface area (Å²) in [7, 11) is 0. The number of hydrogen-bond acceptors (Lipinski definition) is 0. The molecule has 0 fully saturated rings. The van der Waals surface area contributed by atoms with Gasteiger partial charge in [-0.15, -0.1) is 0 Å². The average molecular weight is 586 g/mol. The van der Waals surface area contributed by atoms with Crippen molar-refractivity contribution in [2.45, 2.75) is 201 Å². The maximum atomic E-state index is 3.86. The van der Waals surface area contributed by atoms with Crippen LogP contribution >= 0.6 is 0 Å². The molecule has 35 heavy (non-hydrogen) atoms. The van der Waals surface area contributed by atoms with Crippen molar-refractivity contribution in [3.05, 3.63) is 20.8 Å². The van der Waals surface area contributed by atoms with E-state index in [1.807, 2.05) is 0 Å². The molecule has 0 N–H and O–H groups in total. The van der Waals surface area contributed by atoms with Gasteiger partial charge in [-0.3, -0.25) is 0 Å². The SMILES string of the molecule is [CH2-]CCCCCCCC.[CH2-]CCCCCCCCCC.[CH2-]CCCCCCCCCCCCC.[Pd]. The minimum Gasteiger partial charge on any atom is -0.343 e. The first kappa shape index (κ1) is 42.7. The number of unbranched alkanes of at least 4 members (excludes halogenated alkanes) is 25. The molecule has 0 aliphatic heterocycles. The topological polar surface area (TPSA) is 0 Å². The Morgan fingerprint density at radius 3 is 0.543 bits per heavy atom. The maximum absolute atomic E-state index is 3.86. The maximum Gasteiger partial charge on any atom is 0 e. The fourth-order valence-electron chi connectivity index (χ4n) is 4.11. The van der Waals surface area contributed by atoms with Crippen LogP contribution in [0.1, 0.15) is 201 Å². The van der Waals surface area contributed by atoms with Gasteiger partial charge in [0.05, 0.1) is 0 Å². The van der Waals surface area contributed by atoms with E-state index < -0.39 is 0 Å². The van der Waals surface area contributed by atoms with E-state index in [1.54, 1.807) is 0 Å². The molecule has 0 aromatic carbocycles. The predicted octanol–water partition coefficient (Wildman–Crippen LogP) is 13.4. The molecular weight excluding hydrogens is 515 g/mol. The summed E-state index contributed by atoms with van der Waals surface area (Å²) < 4.78 is 0. The van der Waals surface area contributed by atoms with Crippen molar-refractivity contribution >= 4 is 0 Å². The molecular formula is C34H71Pd-3. The van der Waals surface area contributed by atoms with Crippen LogP contribution in [0, 0.1) is 20.8 Å². The van der Waals surface area contributed by atoms with Gasteiger partial charge in [0.15, 0.2) is 0 Å². The molecule has 0 aliphatic rings. The molecule has 0 amide bonds. The predicted molar refractivity (Wildman–Crippen MR) is 162 cm³/mol. The molecule has 0 bridgehead atoms. The van der Waals surface area contributed by atoms with Crippen LogP contribution in [0.5, 0.6) is 0 Å². The van der Waals surface area contributed by atoms with Crippen LogP contribution in [-0.2, 0) is 20.4 Å². The summed E-state index contributed by atoms with van der Waals surface area (Å²) in [6.07, 6.45) is 38.7. The van der Waals surface area contributed by atoms with E-state index in [1.165, 1.54) is 161 Å². The Labute approximate surface area is 241 Å². The first-order chi connectivity index (χ1) is 16.7. The van der Waals surface area contributed by atoms with Gasteiger partial charge in [-0.2, -0.15) is 19.3 Å². The monoisotopic (exact) mass is 585 g/mol. The number of hydrogen-bond donors (Lipinski definition) is 0. The summed E-state index contributed by atoms with van der Waals surface area (Å²) >= 11 is 0. The van der Waals surface area contributed by atoms with E-state index in [-0.39, 0.29) is 20.4 Å². The molecule has 0 saturated heterocycles. The van der Waals surface area contributed by atoms with Crippen molar-refractivity contribution in [2.75, 3.05) is 0 Å². The largest absolute Gasteiger partial charge is 0.343 e. The Hall–Kier alpha value is 0.662. The van der Waals surface area contributed by atoms with Gasteiger partial charge in [-0.25, -0.2) is 0 Å². The third-order valence-corrected chi connectivity index (χ3v) is 6.56. The van der Waals surface area contributed by atoms with Crippen LogP contribution in [0.4, 0.5) is 0 Å². The van der Waals surface area contributed by atoms with E-state index in [2.05, 4.69) is 41.5 Å². The van der Waals surface area contributed by atoms with E-state index in [0.717, 1.165) is 19.3 Å². The number of rotatable bonds is 25. The van der Waals surface area contributed by atoms with Gasteiger partial charge in [-0.1, -0.05) is 181 Å². The van der Waals surface area contributed by atoms with E-state index in [9.17, 15) is 0 Å². The molecule has 0 saturated carbocycles. The molecule has 0 aromatic rings. The van der Waals surface area contributed by atoms with E-state index in [0.29, 0.717) is 0 Å². The van der Waals surface area contributed by atoms with Crippen molar-refractivity contribution in [3.8, 4) is 0 Å². The van der Waals surface area contributed by atoms with E-state index in [4.69, 9.17) is 0 Å². The summed E-state index contributed by atoms with van der Waals surface area (Å²) in [5, 5.41) is 0. The van der Waals surface area contributed by atoms with Gasteiger partial charge in [0.1, 0.15) is 0 Å². The molecule has 0 radical (unpaired) electrons. The summed E-state index contributed by atoms with van der Waals surface area (Å²) in [4.78, 5) is 0. The van der Waals surface area contributed by atoms with Gasteiger partial charge in [-0.05, 0) is 0 Å². The quantitative estimate of drug-likeness (QED) is 0.0567. The van der Waals surface area contributed by atoms with Crippen LogP contribution in [0.25, 0.3) is 0 Å². The fraction of sp³-hybridized carbons (Fsp3) is 0.912. The van der Waals surface area contributed by atoms with Gasteiger partial charge in [0.2, 0.25) is 0 Å². The molecule has 0 atom stereocenters. The summed E-state index contributed by atoms with van der Waals surface area (Å²) in [6.45, 7) is 18.3. The molecule has 0 aromatic heterocycles. The third kappa shape index (κ3) is 56.2. The van der Waals surface area contributed by atoms with Crippen LogP contribution < -0.4 is 0 Å². The van der Waals surface area contributed by atoms with Gasteiger partial charge >= 0.3 is 0 Å². The van der Waals surface area contributed by atoms with Crippen molar-refractivity contribution < 1.29 is 20.4 Å². The molecule has 220 valence electrons. The Morgan fingerprint density at radius 1 is 0.257 bits per heavy atom. The second-order valence-electron chi connectivity index (χ2n) is 10.3. The van der Waals surface area contributed by atoms with Gasteiger partial charge in [0.25, 0.3) is 0 Å². The molecule has 0 nitrogen and oxygen atoms in total. The van der Waals surface area contributed by atoms with Crippen LogP contribution in [0.3, 0.4) is 0 Å². The molecule has 0 aliphatic carbocycles. The Bertz CT molecular complexity index is 250. The summed E-state index contributed by atoms with van der Waals surface area (Å²) in [5.41, 5.74) is 0. The summed E-state index contributed by atoms with van der Waals surface area (Å²) in [6, 6.07) is 0. The molecule has 0 spiro atoms. The van der Waals surface area contributed by atoms with Gasteiger partial charge in [0, 0.05) is 20.4 Å². The first-order valence-corrected chi connectivity index (χ1v) is 16.1. The Morgan fingerprint density at radius 2 is 0.400 bits per heavy atom. The summed E-state index contributed by atoms with van der Waals surface area (Å²) in [5.74, 6) is 0. The molecule has 0 rings (SSSR count). The van der Waals surface area contributed by atoms with Crippen molar-refractivity contribution in [2.24, 2.45) is 0 Å². The smallest absolute Gasteiger partial charge is 0 e. The molecule has 0 heterocycles. The van der Waals surface area contributed by atoms with Crippen LogP contribution in [-0.4, -0.2) is 0 Å². The fourth-order valence-corrected chi connectivity index (χ4v) is 4.11. The molecule has 0 unspecified atom stereocenters. The normalized spacial score (nSPS) is 10.1. The zero-order valence-corrected chi connectivity index (χ0v) is 26.8. The van der Waals surface area contributed by atoms with Crippen molar-refractivity contribution in [1.29, 1.82) is 0 Å². The Balaban J connectivity index is -0.000000208. The van der Waals surface area contributed by atoms with Gasteiger partial charge < -0.3 is 20.8 Å². The third-order valence-electron chi connectivity index (χ3n) is 6.56. The van der Waals surface area contributed by atoms with Crippen LogP contribution in [0.15, 0.2) is 0 Å².